The summed E-state index contributed by atoms with van der Waals surface area (Å²) in [5.41, 5.74) is 1.05. The second-order valence-electron chi connectivity index (χ2n) is 4.02. The van der Waals surface area contributed by atoms with Crippen molar-refractivity contribution in [1.82, 2.24) is 9.88 Å². The van der Waals surface area contributed by atoms with Gasteiger partial charge in [-0.2, -0.15) is 0 Å². The van der Waals surface area contributed by atoms with E-state index >= 15 is 0 Å². The fraction of sp³-hybridized carbons (Fsp3) is 0.700. The van der Waals surface area contributed by atoms with Crippen molar-refractivity contribution in [2.45, 2.75) is 25.1 Å². The Labute approximate surface area is 107 Å². The maximum absolute atomic E-state index is 9.66. The number of aliphatic hydroxyl groups excluding tert-OH is 1. The molecule has 2 atom stereocenters. The van der Waals surface area contributed by atoms with Crippen LogP contribution in [0.3, 0.4) is 0 Å². The minimum absolute atomic E-state index is 0.234. The molecular weight excluding hydrogens is 292 g/mol. The summed E-state index contributed by atoms with van der Waals surface area (Å²) in [7, 11) is 1.70. The van der Waals surface area contributed by atoms with Gasteiger partial charge in [0.05, 0.1) is 18.4 Å². The summed E-state index contributed by atoms with van der Waals surface area (Å²) in [5, 5.41) is 11.7. The van der Waals surface area contributed by atoms with Crippen molar-refractivity contribution in [2.24, 2.45) is 0 Å². The van der Waals surface area contributed by atoms with Crippen LogP contribution in [0.1, 0.15) is 12.1 Å². The SMILES string of the molecule is COC[C@H]1C[C@@H](O)CN1Cc1csc(Br)n1. The second kappa shape index (κ2) is 5.55. The van der Waals surface area contributed by atoms with E-state index < -0.39 is 0 Å². The Balaban J connectivity index is 1.97. The lowest BCUT2D eigenvalue weighted by molar-refractivity contribution is 0.111. The van der Waals surface area contributed by atoms with Gasteiger partial charge in [0.15, 0.2) is 3.92 Å². The molecule has 0 bridgehead atoms. The van der Waals surface area contributed by atoms with Gasteiger partial charge in [0.1, 0.15) is 0 Å². The van der Waals surface area contributed by atoms with Gasteiger partial charge in [-0.1, -0.05) is 0 Å². The molecular formula is C10H15BrN2O2S. The van der Waals surface area contributed by atoms with Crippen LogP contribution in [0, 0.1) is 0 Å². The predicted molar refractivity (Wildman–Crippen MR) is 66.5 cm³/mol. The van der Waals surface area contributed by atoms with E-state index in [1.807, 2.05) is 5.38 Å². The van der Waals surface area contributed by atoms with E-state index in [2.05, 4.69) is 25.8 Å². The van der Waals surface area contributed by atoms with Crippen molar-refractivity contribution in [3.05, 3.63) is 15.0 Å². The van der Waals surface area contributed by atoms with Crippen molar-refractivity contribution < 1.29 is 9.84 Å². The number of hydrogen-bond acceptors (Lipinski definition) is 5. The number of aromatic nitrogens is 1. The average molecular weight is 307 g/mol. The largest absolute Gasteiger partial charge is 0.392 e. The Morgan fingerprint density at radius 2 is 2.56 bits per heavy atom. The molecule has 6 heteroatoms. The Morgan fingerprint density at radius 3 is 3.19 bits per heavy atom. The van der Waals surface area contributed by atoms with Crippen LogP contribution >= 0.6 is 27.3 Å². The summed E-state index contributed by atoms with van der Waals surface area (Å²) in [5.74, 6) is 0. The lowest BCUT2D eigenvalue weighted by Gasteiger charge is -2.22. The quantitative estimate of drug-likeness (QED) is 0.915. The molecule has 16 heavy (non-hydrogen) atoms. The minimum atomic E-state index is -0.234. The summed E-state index contributed by atoms with van der Waals surface area (Å²) in [6, 6.07) is 0.306. The third kappa shape index (κ3) is 3.01. The molecule has 1 aromatic rings. The van der Waals surface area contributed by atoms with E-state index in [1.165, 1.54) is 0 Å². The first kappa shape index (κ1) is 12.4. The van der Waals surface area contributed by atoms with E-state index in [0.29, 0.717) is 19.2 Å². The number of aliphatic hydroxyl groups is 1. The first-order valence-electron chi connectivity index (χ1n) is 5.20. The van der Waals surface area contributed by atoms with Crippen molar-refractivity contribution >= 4 is 27.3 Å². The molecule has 0 amide bonds. The van der Waals surface area contributed by atoms with Crippen LogP contribution in [0.2, 0.25) is 0 Å². The van der Waals surface area contributed by atoms with Crippen LogP contribution in [0.5, 0.6) is 0 Å². The van der Waals surface area contributed by atoms with Gasteiger partial charge in [-0.15, -0.1) is 11.3 Å². The molecule has 1 aromatic heterocycles. The van der Waals surface area contributed by atoms with E-state index in [4.69, 9.17) is 4.74 Å². The summed E-state index contributed by atoms with van der Waals surface area (Å²) in [6.45, 7) is 2.17. The highest BCUT2D eigenvalue weighted by Gasteiger charge is 2.30. The van der Waals surface area contributed by atoms with Crippen molar-refractivity contribution in [2.75, 3.05) is 20.3 Å². The molecule has 4 nitrogen and oxygen atoms in total. The van der Waals surface area contributed by atoms with E-state index in [9.17, 15) is 5.11 Å². The van der Waals surface area contributed by atoms with E-state index in [0.717, 1.165) is 22.6 Å². The molecule has 1 aliphatic rings. The van der Waals surface area contributed by atoms with Gasteiger partial charge in [-0.05, 0) is 22.4 Å². The molecule has 0 saturated carbocycles. The van der Waals surface area contributed by atoms with Gasteiger partial charge in [-0.3, -0.25) is 4.90 Å². The third-order valence-electron chi connectivity index (χ3n) is 2.75. The molecule has 90 valence electrons. The van der Waals surface area contributed by atoms with Gasteiger partial charge in [-0.25, -0.2) is 4.98 Å². The average Bonchev–Trinajstić information content (AvgIpc) is 2.76. The Kier molecular flexibility index (Phi) is 4.32. The summed E-state index contributed by atoms with van der Waals surface area (Å²) in [6.07, 6.45) is 0.557. The van der Waals surface area contributed by atoms with Crippen molar-refractivity contribution in [3.8, 4) is 0 Å². The molecule has 0 aliphatic carbocycles. The molecule has 1 fully saturated rings. The van der Waals surface area contributed by atoms with Gasteiger partial charge in [0.2, 0.25) is 0 Å². The van der Waals surface area contributed by atoms with Crippen LogP contribution in [0.4, 0.5) is 0 Å². The first-order chi connectivity index (χ1) is 7.69. The number of nitrogens with zero attached hydrogens (tertiary/aromatic N) is 2. The monoisotopic (exact) mass is 306 g/mol. The maximum atomic E-state index is 9.66. The van der Waals surface area contributed by atoms with E-state index in [-0.39, 0.29) is 6.10 Å². The number of ether oxygens (including phenoxy) is 1. The topological polar surface area (TPSA) is 45.6 Å². The lowest BCUT2D eigenvalue weighted by atomic mass is 10.2. The molecule has 2 rings (SSSR count). The van der Waals surface area contributed by atoms with E-state index in [1.54, 1.807) is 18.4 Å². The Hall–Kier alpha value is -0.0100. The smallest absolute Gasteiger partial charge is 0.159 e. The Bertz CT molecular complexity index is 347. The number of rotatable bonds is 4. The number of likely N-dealkylation sites (tertiary alicyclic amines) is 1. The van der Waals surface area contributed by atoms with Crippen LogP contribution in [-0.4, -0.2) is 47.4 Å². The highest BCUT2D eigenvalue weighted by molar-refractivity contribution is 9.11. The molecule has 1 N–H and O–H groups in total. The second-order valence-corrected chi connectivity index (χ2v) is 6.15. The number of thiazole rings is 1. The van der Waals surface area contributed by atoms with Gasteiger partial charge >= 0.3 is 0 Å². The Morgan fingerprint density at radius 1 is 1.75 bits per heavy atom. The predicted octanol–water partition coefficient (Wildman–Crippen LogP) is 1.49. The summed E-state index contributed by atoms with van der Waals surface area (Å²) in [4.78, 5) is 6.60. The summed E-state index contributed by atoms with van der Waals surface area (Å²) >= 11 is 4.94. The van der Waals surface area contributed by atoms with Crippen LogP contribution < -0.4 is 0 Å². The highest BCUT2D eigenvalue weighted by atomic mass is 79.9. The van der Waals surface area contributed by atoms with Crippen molar-refractivity contribution in [1.29, 1.82) is 0 Å². The highest BCUT2D eigenvalue weighted by Crippen LogP contribution is 2.23. The first-order valence-corrected chi connectivity index (χ1v) is 6.87. The minimum Gasteiger partial charge on any atom is -0.392 e. The molecule has 0 spiro atoms. The molecule has 0 unspecified atom stereocenters. The van der Waals surface area contributed by atoms with Crippen molar-refractivity contribution in [3.63, 3.8) is 0 Å². The molecule has 2 heterocycles. The standard InChI is InChI=1S/C10H15BrN2O2S/c1-15-5-8-2-9(14)4-13(8)3-7-6-16-10(11)12-7/h6,8-9,14H,2-5H2,1H3/t8-,9-/m1/s1. The number of hydrogen-bond donors (Lipinski definition) is 1. The lowest BCUT2D eigenvalue weighted by Crippen LogP contribution is -2.32. The molecule has 1 aliphatic heterocycles. The maximum Gasteiger partial charge on any atom is 0.159 e. The zero-order chi connectivity index (χ0) is 11.5. The third-order valence-corrected chi connectivity index (χ3v) is 4.17. The number of β-amino-alcohol motifs (C(OH)–C–C–N with tert-alkyl or cyclic N) is 1. The molecule has 1 saturated heterocycles. The van der Waals surface area contributed by atoms with Gasteiger partial charge in [0.25, 0.3) is 0 Å². The van der Waals surface area contributed by atoms with Crippen LogP contribution in [0.15, 0.2) is 9.30 Å². The van der Waals surface area contributed by atoms with Gasteiger partial charge in [0, 0.05) is 31.6 Å². The number of methoxy groups -OCH3 is 1. The fourth-order valence-electron chi connectivity index (χ4n) is 2.08. The number of halogens is 1. The fourth-order valence-corrected chi connectivity index (χ4v) is 3.12. The normalized spacial score (nSPS) is 26.4. The van der Waals surface area contributed by atoms with Crippen LogP contribution in [-0.2, 0) is 11.3 Å². The zero-order valence-corrected chi connectivity index (χ0v) is 11.5. The van der Waals surface area contributed by atoms with Gasteiger partial charge < -0.3 is 9.84 Å². The van der Waals surface area contributed by atoms with Crippen LogP contribution in [0.25, 0.3) is 0 Å². The molecule has 0 aromatic carbocycles. The zero-order valence-electron chi connectivity index (χ0n) is 9.10. The summed E-state index contributed by atoms with van der Waals surface area (Å²) < 4.78 is 6.08. The molecule has 0 radical (unpaired) electrons.